The van der Waals surface area contributed by atoms with Crippen LogP contribution in [0.2, 0.25) is 0 Å². The molecule has 5 heteroatoms. The van der Waals surface area contributed by atoms with Gasteiger partial charge in [-0.1, -0.05) is 61.0 Å². The highest BCUT2D eigenvalue weighted by atomic mass is 16.2. The summed E-state index contributed by atoms with van der Waals surface area (Å²) in [4.78, 5) is 29.2. The summed E-state index contributed by atoms with van der Waals surface area (Å²) in [5, 5.41) is 0. The van der Waals surface area contributed by atoms with E-state index in [0.29, 0.717) is 26.1 Å². The van der Waals surface area contributed by atoms with Gasteiger partial charge in [-0.25, -0.2) is 0 Å². The van der Waals surface area contributed by atoms with Gasteiger partial charge in [-0.3, -0.25) is 9.59 Å². The first-order valence-corrected chi connectivity index (χ1v) is 10.4. The van der Waals surface area contributed by atoms with E-state index >= 15 is 0 Å². The fourth-order valence-corrected chi connectivity index (χ4v) is 4.02. The number of aryl methyl sites for hydroxylation is 1. The third-order valence-electron chi connectivity index (χ3n) is 5.61. The molecule has 1 fully saturated rings. The topological polar surface area (TPSA) is 66.6 Å². The molecule has 0 spiro atoms. The number of rotatable bonds is 6. The van der Waals surface area contributed by atoms with Gasteiger partial charge in [0, 0.05) is 26.2 Å². The van der Waals surface area contributed by atoms with Crippen LogP contribution in [0.15, 0.2) is 48.5 Å². The van der Waals surface area contributed by atoms with Crippen LogP contribution in [0.25, 0.3) is 11.1 Å². The Labute approximate surface area is 173 Å². The van der Waals surface area contributed by atoms with E-state index in [-0.39, 0.29) is 24.3 Å². The Hall–Kier alpha value is -2.66. The van der Waals surface area contributed by atoms with Crippen molar-refractivity contribution in [2.45, 2.75) is 26.7 Å². The predicted molar refractivity (Wildman–Crippen MR) is 116 cm³/mol. The van der Waals surface area contributed by atoms with E-state index in [1.54, 1.807) is 4.90 Å². The lowest BCUT2D eigenvalue weighted by atomic mass is 9.91. The second-order valence-electron chi connectivity index (χ2n) is 7.79. The molecule has 2 aromatic carbocycles. The molecule has 1 aliphatic heterocycles. The Morgan fingerprint density at radius 3 is 2.52 bits per heavy atom. The molecule has 29 heavy (non-hydrogen) atoms. The van der Waals surface area contributed by atoms with Crippen molar-refractivity contribution in [1.29, 1.82) is 0 Å². The molecule has 1 heterocycles. The molecule has 0 saturated carbocycles. The number of carbonyl (C=O) groups is 2. The highest BCUT2D eigenvalue weighted by Gasteiger charge is 2.32. The van der Waals surface area contributed by atoms with E-state index < -0.39 is 0 Å². The third kappa shape index (κ3) is 5.04. The van der Waals surface area contributed by atoms with Crippen LogP contribution in [-0.2, 0) is 16.0 Å². The molecule has 0 aromatic heterocycles. The predicted octanol–water partition coefficient (Wildman–Crippen LogP) is 2.86. The minimum absolute atomic E-state index is 0.0192. The minimum Gasteiger partial charge on any atom is -0.341 e. The van der Waals surface area contributed by atoms with Crippen molar-refractivity contribution in [2.75, 3.05) is 32.7 Å². The van der Waals surface area contributed by atoms with Crippen LogP contribution in [0, 0.1) is 12.8 Å². The highest BCUT2D eigenvalue weighted by molar-refractivity contribution is 5.83. The Morgan fingerprint density at radius 2 is 1.83 bits per heavy atom. The van der Waals surface area contributed by atoms with E-state index in [1.165, 1.54) is 5.56 Å². The monoisotopic (exact) mass is 393 g/mol. The maximum absolute atomic E-state index is 13.2. The molecule has 1 saturated heterocycles. The van der Waals surface area contributed by atoms with E-state index in [4.69, 9.17) is 5.73 Å². The highest BCUT2D eigenvalue weighted by Crippen LogP contribution is 2.27. The Kier molecular flexibility index (Phi) is 7.04. The molecule has 1 atom stereocenters. The van der Waals surface area contributed by atoms with Gasteiger partial charge < -0.3 is 15.5 Å². The van der Waals surface area contributed by atoms with Crippen LogP contribution >= 0.6 is 0 Å². The number of carbonyl (C=O) groups excluding carboxylic acids is 2. The van der Waals surface area contributed by atoms with Gasteiger partial charge in [0.05, 0.1) is 12.5 Å². The fourth-order valence-electron chi connectivity index (χ4n) is 4.02. The molecule has 0 bridgehead atoms. The van der Waals surface area contributed by atoms with Gasteiger partial charge in [0.15, 0.2) is 0 Å². The molecule has 0 radical (unpaired) electrons. The van der Waals surface area contributed by atoms with E-state index in [1.807, 2.05) is 17.0 Å². The molecular formula is C24H31N3O2. The van der Waals surface area contributed by atoms with E-state index in [2.05, 4.69) is 50.2 Å². The molecule has 0 aliphatic carbocycles. The Bertz CT molecular complexity index is 847. The SMILES string of the molecule is CCCN1CCN(C(=O)CN)CC(Cc2ccccc2-c2ccc(C)cc2)C1=O. The van der Waals surface area contributed by atoms with Crippen molar-refractivity contribution >= 4 is 11.8 Å². The second-order valence-corrected chi connectivity index (χ2v) is 7.79. The number of hydrogen-bond donors (Lipinski definition) is 1. The molecule has 5 nitrogen and oxygen atoms in total. The average Bonchev–Trinajstić information content (AvgIpc) is 2.89. The molecule has 3 rings (SSSR count). The van der Waals surface area contributed by atoms with Gasteiger partial charge in [0.25, 0.3) is 0 Å². The molecule has 1 aliphatic rings. The normalized spacial score (nSPS) is 17.3. The number of nitrogens with zero attached hydrogens (tertiary/aromatic N) is 2. The number of benzene rings is 2. The zero-order valence-electron chi connectivity index (χ0n) is 17.4. The number of nitrogens with two attached hydrogens (primary N) is 1. The summed E-state index contributed by atoms with van der Waals surface area (Å²) < 4.78 is 0. The van der Waals surface area contributed by atoms with Crippen LogP contribution in [0.4, 0.5) is 0 Å². The molecule has 2 N–H and O–H groups in total. The van der Waals surface area contributed by atoms with Crippen molar-refractivity contribution < 1.29 is 9.59 Å². The first kappa shape index (κ1) is 21.1. The smallest absolute Gasteiger partial charge is 0.236 e. The largest absolute Gasteiger partial charge is 0.341 e. The van der Waals surface area contributed by atoms with Gasteiger partial charge in [0.1, 0.15) is 0 Å². The summed E-state index contributed by atoms with van der Waals surface area (Å²) >= 11 is 0. The van der Waals surface area contributed by atoms with Crippen molar-refractivity contribution in [1.82, 2.24) is 9.80 Å². The van der Waals surface area contributed by atoms with Crippen LogP contribution in [0.5, 0.6) is 0 Å². The van der Waals surface area contributed by atoms with Gasteiger partial charge in [0.2, 0.25) is 11.8 Å². The standard InChI is InChI=1S/C24H31N3O2/c1-3-12-26-13-14-27(23(28)16-25)17-21(24(26)29)15-20-6-4-5-7-22(20)19-10-8-18(2)9-11-19/h4-11,21H,3,12-17,25H2,1-2H3. The lowest BCUT2D eigenvalue weighted by molar-refractivity contribution is -0.134. The van der Waals surface area contributed by atoms with Crippen molar-refractivity contribution in [3.63, 3.8) is 0 Å². The molecule has 2 aromatic rings. The van der Waals surface area contributed by atoms with Crippen LogP contribution in [-0.4, -0.2) is 54.3 Å². The zero-order valence-corrected chi connectivity index (χ0v) is 17.4. The summed E-state index contributed by atoms with van der Waals surface area (Å²) in [5.41, 5.74) is 10.2. The molecule has 1 unspecified atom stereocenters. The van der Waals surface area contributed by atoms with Gasteiger partial charge in [-0.2, -0.15) is 0 Å². The van der Waals surface area contributed by atoms with Crippen LogP contribution in [0.3, 0.4) is 0 Å². The van der Waals surface area contributed by atoms with Gasteiger partial charge in [-0.15, -0.1) is 0 Å². The zero-order chi connectivity index (χ0) is 20.8. The first-order valence-electron chi connectivity index (χ1n) is 10.4. The van der Waals surface area contributed by atoms with Crippen molar-refractivity contribution in [2.24, 2.45) is 11.7 Å². The number of hydrogen-bond acceptors (Lipinski definition) is 3. The van der Waals surface area contributed by atoms with Crippen molar-refractivity contribution in [3.05, 3.63) is 59.7 Å². The van der Waals surface area contributed by atoms with E-state index in [9.17, 15) is 9.59 Å². The summed E-state index contributed by atoms with van der Waals surface area (Å²) in [6.45, 7) is 6.41. The summed E-state index contributed by atoms with van der Waals surface area (Å²) in [6, 6.07) is 16.7. The molecular weight excluding hydrogens is 362 g/mol. The van der Waals surface area contributed by atoms with Gasteiger partial charge >= 0.3 is 0 Å². The van der Waals surface area contributed by atoms with Crippen LogP contribution in [0.1, 0.15) is 24.5 Å². The third-order valence-corrected chi connectivity index (χ3v) is 5.61. The van der Waals surface area contributed by atoms with Crippen molar-refractivity contribution in [3.8, 4) is 11.1 Å². The maximum Gasteiger partial charge on any atom is 0.236 e. The lowest BCUT2D eigenvalue weighted by Gasteiger charge is -2.24. The molecule has 2 amide bonds. The summed E-state index contributed by atoms with van der Waals surface area (Å²) in [6.07, 6.45) is 1.51. The average molecular weight is 394 g/mol. The molecule has 154 valence electrons. The second kappa shape index (κ2) is 9.70. The summed E-state index contributed by atoms with van der Waals surface area (Å²) in [7, 11) is 0. The first-order chi connectivity index (χ1) is 14.0. The maximum atomic E-state index is 13.2. The minimum atomic E-state index is -0.258. The lowest BCUT2D eigenvalue weighted by Crippen LogP contribution is -2.40. The quantitative estimate of drug-likeness (QED) is 0.821. The van der Waals surface area contributed by atoms with E-state index in [0.717, 1.165) is 29.7 Å². The summed E-state index contributed by atoms with van der Waals surface area (Å²) in [5.74, 6) is -0.211. The number of amides is 2. The fraction of sp³-hybridized carbons (Fsp3) is 0.417. The Balaban J connectivity index is 1.90. The van der Waals surface area contributed by atoms with Crippen LogP contribution < -0.4 is 5.73 Å². The van der Waals surface area contributed by atoms with Gasteiger partial charge in [-0.05, 0) is 36.5 Å². The Morgan fingerprint density at radius 1 is 1.10 bits per heavy atom.